The van der Waals surface area contributed by atoms with Crippen LogP contribution in [0.1, 0.15) is 0 Å². The maximum absolute atomic E-state index is 6.16. The van der Waals surface area contributed by atoms with Crippen LogP contribution in [0.3, 0.4) is 0 Å². The number of nitrogens with one attached hydrogen (secondary N) is 1. The van der Waals surface area contributed by atoms with Gasteiger partial charge in [0.15, 0.2) is 11.4 Å². The van der Waals surface area contributed by atoms with Gasteiger partial charge in [-0.1, -0.05) is 23.7 Å². The predicted octanol–water partition coefficient (Wildman–Crippen LogP) is 4.78. The number of hydrogen-bond acceptors (Lipinski definition) is 5. The Kier molecular flexibility index (Phi) is 3.28. The molecule has 0 amide bonds. The van der Waals surface area contributed by atoms with Gasteiger partial charge in [-0.05, 0) is 30.3 Å². The van der Waals surface area contributed by atoms with Crippen LogP contribution in [-0.4, -0.2) is 17.1 Å². The predicted molar refractivity (Wildman–Crippen MR) is 90.6 cm³/mol. The average molecular weight is 326 g/mol. The Balaban J connectivity index is 1.81. The summed E-state index contributed by atoms with van der Waals surface area (Å²) in [4.78, 5) is 8.61. The zero-order chi connectivity index (χ0) is 15.8. The summed E-state index contributed by atoms with van der Waals surface area (Å²) in [5, 5.41) is 4.69. The molecule has 0 radical (unpaired) electrons. The van der Waals surface area contributed by atoms with Gasteiger partial charge in [0.1, 0.15) is 23.2 Å². The number of nitrogens with zero attached hydrogens (tertiary/aromatic N) is 2. The van der Waals surface area contributed by atoms with Crippen LogP contribution in [0.15, 0.2) is 53.2 Å². The van der Waals surface area contributed by atoms with Crippen molar-refractivity contribution in [3.8, 4) is 5.75 Å². The lowest BCUT2D eigenvalue weighted by Crippen LogP contribution is -1.95. The number of fused-ring (bicyclic) bond motifs is 3. The third-order valence-corrected chi connectivity index (χ3v) is 3.87. The molecule has 5 nitrogen and oxygen atoms in total. The SMILES string of the molecule is COc1ccc(Nc2ncnc3c2oc2ccccc23)cc1Cl. The smallest absolute Gasteiger partial charge is 0.196 e. The first-order chi connectivity index (χ1) is 11.3. The van der Waals surface area contributed by atoms with Crippen molar-refractivity contribution in [2.75, 3.05) is 12.4 Å². The molecule has 4 rings (SSSR count). The molecular formula is C17H12ClN3O2. The van der Waals surface area contributed by atoms with Crippen LogP contribution in [0.4, 0.5) is 11.5 Å². The molecular weight excluding hydrogens is 314 g/mol. The molecule has 4 aromatic rings. The molecule has 114 valence electrons. The van der Waals surface area contributed by atoms with Crippen molar-refractivity contribution in [2.45, 2.75) is 0 Å². The minimum Gasteiger partial charge on any atom is -0.495 e. The number of methoxy groups -OCH3 is 1. The van der Waals surface area contributed by atoms with Crippen LogP contribution in [0.5, 0.6) is 5.75 Å². The molecule has 0 bridgehead atoms. The molecule has 23 heavy (non-hydrogen) atoms. The molecule has 2 heterocycles. The Morgan fingerprint density at radius 1 is 1.13 bits per heavy atom. The molecule has 2 aromatic heterocycles. The molecule has 1 N–H and O–H groups in total. The fourth-order valence-electron chi connectivity index (χ4n) is 2.49. The van der Waals surface area contributed by atoms with Crippen molar-refractivity contribution in [3.63, 3.8) is 0 Å². The largest absolute Gasteiger partial charge is 0.495 e. The molecule has 0 unspecified atom stereocenters. The third-order valence-electron chi connectivity index (χ3n) is 3.57. The van der Waals surface area contributed by atoms with Gasteiger partial charge in [0.2, 0.25) is 0 Å². The van der Waals surface area contributed by atoms with Crippen LogP contribution in [-0.2, 0) is 0 Å². The van der Waals surface area contributed by atoms with E-state index in [1.807, 2.05) is 30.3 Å². The second kappa shape index (κ2) is 5.44. The van der Waals surface area contributed by atoms with Gasteiger partial charge in [-0.15, -0.1) is 0 Å². The summed E-state index contributed by atoms with van der Waals surface area (Å²) in [6, 6.07) is 13.2. The molecule has 2 aromatic carbocycles. The molecule has 0 saturated carbocycles. The van der Waals surface area contributed by atoms with Crippen LogP contribution in [0, 0.1) is 0 Å². The first-order valence-electron chi connectivity index (χ1n) is 6.99. The van der Waals surface area contributed by atoms with Crippen molar-refractivity contribution in [2.24, 2.45) is 0 Å². The molecule has 0 aliphatic carbocycles. The van der Waals surface area contributed by atoms with Gasteiger partial charge in [0.25, 0.3) is 0 Å². The van der Waals surface area contributed by atoms with Crippen LogP contribution in [0.25, 0.3) is 22.1 Å². The van der Waals surface area contributed by atoms with E-state index in [4.69, 9.17) is 20.8 Å². The highest BCUT2D eigenvalue weighted by Crippen LogP contribution is 2.33. The van der Waals surface area contributed by atoms with Gasteiger partial charge in [-0.25, -0.2) is 9.97 Å². The number of para-hydroxylation sites is 1. The standard InChI is InChI=1S/C17H12ClN3O2/c1-22-14-7-6-10(8-12(14)18)21-17-16-15(19-9-20-17)11-4-2-3-5-13(11)23-16/h2-9H,1H3,(H,19,20,21). The van der Waals surface area contributed by atoms with E-state index >= 15 is 0 Å². The van der Waals surface area contributed by atoms with E-state index in [2.05, 4.69) is 15.3 Å². The number of halogens is 1. The number of benzene rings is 2. The normalized spacial score (nSPS) is 11.0. The summed E-state index contributed by atoms with van der Waals surface area (Å²) in [5.74, 6) is 1.21. The Morgan fingerprint density at radius 2 is 2.00 bits per heavy atom. The Hall–Kier alpha value is -2.79. The summed E-state index contributed by atoms with van der Waals surface area (Å²) < 4.78 is 11.0. The van der Waals surface area contributed by atoms with Gasteiger partial charge in [0, 0.05) is 11.1 Å². The quantitative estimate of drug-likeness (QED) is 0.587. The van der Waals surface area contributed by atoms with Crippen LogP contribution in [0.2, 0.25) is 5.02 Å². The fourth-order valence-corrected chi connectivity index (χ4v) is 2.75. The number of rotatable bonds is 3. The van der Waals surface area contributed by atoms with Crippen molar-refractivity contribution in [1.29, 1.82) is 0 Å². The van der Waals surface area contributed by atoms with Gasteiger partial charge >= 0.3 is 0 Å². The number of hydrogen-bond donors (Lipinski definition) is 1. The van der Waals surface area contributed by atoms with Crippen molar-refractivity contribution in [3.05, 3.63) is 53.8 Å². The lowest BCUT2D eigenvalue weighted by atomic mass is 10.2. The fraction of sp³-hybridized carbons (Fsp3) is 0.0588. The summed E-state index contributed by atoms with van der Waals surface area (Å²) in [6.45, 7) is 0. The summed E-state index contributed by atoms with van der Waals surface area (Å²) in [6.07, 6.45) is 1.51. The van der Waals surface area contributed by atoms with E-state index in [0.29, 0.717) is 22.2 Å². The van der Waals surface area contributed by atoms with E-state index in [-0.39, 0.29) is 0 Å². The summed E-state index contributed by atoms with van der Waals surface area (Å²) in [5.41, 5.74) is 2.95. The Morgan fingerprint density at radius 3 is 2.83 bits per heavy atom. The maximum Gasteiger partial charge on any atom is 0.196 e. The first-order valence-corrected chi connectivity index (χ1v) is 7.37. The number of anilines is 2. The van der Waals surface area contributed by atoms with Gasteiger partial charge in [0.05, 0.1) is 12.1 Å². The van der Waals surface area contributed by atoms with Crippen LogP contribution >= 0.6 is 11.6 Å². The second-order valence-electron chi connectivity index (χ2n) is 4.97. The maximum atomic E-state index is 6.16. The Labute approximate surface area is 136 Å². The monoisotopic (exact) mass is 325 g/mol. The Bertz CT molecular complexity index is 1010. The van der Waals surface area contributed by atoms with Gasteiger partial charge in [-0.2, -0.15) is 0 Å². The second-order valence-corrected chi connectivity index (χ2v) is 5.38. The molecule has 0 saturated heterocycles. The number of furan rings is 1. The van der Waals surface area contributed by atoms with E-state index in [1.165, 1.54) is 6.33 Å². The molecule has 0 spiro atoms. The van der Waals surface area contributed by atoms with E-state index in [1.54, 1.807) is 19.2 Å². The zero-order valence-electron chi connectivity index (χ0n) is 12.2. The molecule has 0 fully saturated rings. The van der Waals surface area contributed by atoms with Crippen LogP contribution < -0.4 is 10.1 Å². The first kappa shape index (κ1) is 13.8. The van der Waals surface area contributed by atoms with Gasteiger partial charge < -0.3 is 14.5 Å². The highest BCUT2D eigenvalue weighted by molar-refractivity contribution is 6.32. The van der Waals surface area contributed by atoms with Crippen molar-refractivity contribution < 1.29 is 9.15 Å². The third kappa shape index (κ3) is 2.35. The minimum absolute atomic E-state index is 0.521. The lowest BCUT2D eigenvalue weighted by Gasteiger charge is -2.08. The molecule has 0 atom stereocenters. The van der Waals surface area contributed by atoms with E-state index in [9.17, 15) is 0 Å². The van der Waals surface area contributed by atoms with Crippen molar-refractivity contribution in [1.82, 2.24) is 9.97 Å². The van der Waals surface area contributed by atoms with Crippen molar-refractivity contribution >= 4 is 45.2 Å². The zero-order valence-corrected chi connectivity index (χ0v) is 13.0. The highest BCUT2D eigenvalue weighted by Gasteiger charge is 2.13. The minimum atomic E-state index is 0.521. The number of ether oxygens (including phenoxy) is 1. The van der Waals surface area contributed by atoms with E-state index in [0.717, 1.165) is 22.2 Å². The average Bonchev–Trinajstić information content (AvgIpc) is 2.95. The van der Waals surface area contributed by atoms with E-state index < -0.39 is 0 Å². The highest BCUT2D eigenvalue weighted by atomic mass is 35.5. The number of aromatic nitrogens is 2. The topological polar surface area (TPSA) is 60.2 Å². The van der Waals surface area contributed by atoms with Gasteiger partial charge in [-0.3, -0.25) is 0 Å². The summed E-state index contributed by atoms with van der Waals surface area (Å²) in [7, 11) is 1.58. The molecule has 0 aliphatic rings. The molecule has 6 heteroatoms. The summed E-state index contributed by atoms with van der Waals surface area (Å²) >= 11 is 6.16. The lowest BCUT2D eigenvalue weighted by molar-refractivity contribution is 0.415. The molecule has 0 aliphatic heterocycles.